The first-order valence-corrected chi connectivity index (χ1v) is 3.55. The lowest BCUT2D eigenvalue weighted by Crippen LogP contribution is -2.40. The van der Waals surface area contributed by atoms with Crippen LogP contribution in [0.4, 0.5) is 0 Å². The average Bonchev–Trinajstić information content (AvgIpc) is 2.05. The van der Waals surface area contributed by atoms with E-state index in [1.165, 1.54) is 0 Å². The van der Waals surface area contributed by atoms with Crippen molar-refractivity contribution in [1.82, 2.24) is 5.32 Å². The number of aldehydes is 1. The van der Waals surface area contributed by atoms with Gasteiger partial charge in [-0.15, -0.1) is 0 Å². The molecule has 1 fully saturated rings. The number of piperidine rings is 1. The quantitative estimate of drug-likeness (QED) is 0.544. The molecule has 10 heavy (non-hydrogen) atoms. The molecule has 1 N–H and O–H groups in total. The Morgan fingerprint density at radius 1 is 1.60 bits per heavy atom. The van der Waals surface area contributed by atoms with E-state index in [4.69, 9.17) is 4.74 Å². The van der Waals surface area contributed by atoms with Crippen LogP contribution in [0.25, 0.3) is 0 Å². The molecule has 0 aromatic rings. The van der Waals surface area contributed by atoms with Gasteiger partial charge in [-0.3, -0.25) is 0 Å². The molecule has 1 heterocycles. The van der Waals surface area contributed by atoms with Crippen molar-refractivity contribution < 1.29 is 9.53 Å². The van der Waals surface area contributed by atoms with E-state index in [-0.39, 0.29) is 12.0 Å². The van der Waals surface area contributed by atoms with E-state index in [1.54, 1.807) is 7.11 Å². The van der Waals surface area contributed by atoms with Gasteiger partial charge in [-0.1, -0.05) is 0 Å². The van der Waals surface area contributed by atoms with E-state index in [1.807, 2.05) is 0 Å². The fraction of sp³-hybridized carbons (Fsp3) is 0.857. The second-order valence-corrected chi connectivity index (χ2v) is 2.65. The zero-order chi connectivity index (χ0) is 7.40. The van der Waals surface area contributed by atoms with Gasteiger partial charge >= 0.3 is 0 Å². The van der Waals surface area contributed by atoms with Gasteiger partial charge in [0, 0.05) is 26.1 Å². The van der Waals surface area contributed by atoms with E-state index in [2.05, 4.69) is 5.32 Å². The number of carbonyl (C=O) groups is 1. The van der Waals surface area contributed by atoms with E-state index in [0.717, 1.165) is 25.8 Å². The van der Waals surface area contributed by atoms with Crippen LogP contribution in [0.5, 0.6) is 0 Å². The van der Waals surface area contributed by atoms with E-state index in [9.17, 15) is 4.79 Å². The minimum Gasteiger partial charge on any atom is -0.380 e. The molecule has 58 valence electrons. The van der Waals surface area contributed by atoms with Crippen LogP contribution >= 0.6 is 0 Å². The highest BCUT2D eigenvalue weighted by atomic mass is 16.5. The maximum Gasteiger partial charge on any atom is 0.124 e. The molecule has 2 atom stereocenters. The van der Waals surface area contributed by atoms with E-state index in [0.29, 0.717) is 0 Å². The molecular weight excluding hydrogens is 130 g/mol. The molecule has 0 radical (unpaired) electrons. The summed E-state index contributed by atoms with van der Waals surface area (Å²) < 4.78 is 5.10. The molecule has 1 aliphatic heterocycles. The molecule has 0 amide bonds. The lowest BCUT2D eigenvalue weighted by Gasteiger charge is -2.25. The van der Waals surface area contributed by atoms with Crippen LogP contribution in [0.3, 0.4) is 0 Å². The van der Waals surface area contributed by atoms with Gasteiger partial charge in [-0.25, -0.2) is 0 Å². The Morgan fingerprint density at radius 2 is 2.40 bits per heavy atom. The third-order valence-corrected chi connectivity index (χ3v) is 1.87. The van der Waals surface area contributed by atoms with Crippen LogP contribution in [-0.4, -0.2) is 32.6 Å². The standard InChI is InChI=1S/C7H13NO2/c1-10-7-2-6(5-9)3-8-4-7/h5-8H,2-4H2,1H3. The molecule has 2 unspecified atom stereocenters. The summed E-state index contributed by atoms with van der Waals surface area (Å²) in [5, 5.41) is 3.13. The first-order chi connectivity index (χ1) is 4.86. The molecule has 0 aromatic carbocycles. The van der Waals surface area contributed by atoms with Crippen molar-refractivity contribution in [2.75, 3.05) is 20.2 Å². The highest BCUT2D eigenvalue weighted by molar-refractivity contribution is 5.54. The largest absolute Gasteiger partial charge is 0.380 e. The number of hydrogen-bond acceptors (Lipinski definition) is 3. The molecular formula is C7H13NO2. The van der Waals surface area contributed by atoms with Crippen LogP contribution < -0.4 is 5.32 Å². The SMILES string of the molecule is COC1CNCC(C=O)C1. The Balaban J connectivity index is 2.31. The minimum atomic E-state index is 0.152. The fourth-order valence-corrected chi connectivity index (χ4v) is 1.22. The third-order valence-electron chi connectivity index (χ3n) is 1.87. The molecule has 0 saturated carbocycles. The zero-order valence-electron chi connectivity index (χ0n) is 6.17. The van der Waals surface area contributed by atoms with Crippen molar-refractivity contribution in [3.05, 3.63) is 0 Å². The zero-order valence-corrected chi connectivity index (χ0v) is 6.17. The number of rotatable bonds is 2. The van der Waals surface area contributed by atoms with Gasteiger partial charge in [-0.05, 0) is 6.42 Å². The highest BCUT2D eigenvalue weighted by Gasteiger charge is 2.19. The highest BCUT2D eigenvalue weighted by Crippen LogP contribution is 2.09. The van der Waals surface area contributed by atoms with Crippen LogP contribution in [0.1, 0.15) is 6.42 Å². The van der Waals surface area contributed by atoms with Crippen LogP contribution in [0.2, 0.25) is 0 Å². The third kappa shape index (κ3) is 1.78. The lowest BCUT2D eigenvalue weighted by atomic mass is 9.99. The molecule has 1 saturated heterocycles. The van der Waals surface area contributed by atoms with Gasteiger partial charge in [0.25, 0.3) is 0 Å². The van der Waals surface area contributed by atoms with Crippen LogP contribution in [-0.2, 0) is 9.53 Å². The molecule has 1 rings (SSSR count). The van der Waals surface area contributed by atoms with E-state index < -0.39 is 0 Å². The number of nitrogens with one attached hydrogen (secondary N) is 1. The summed E-state index contributed by atoms with van der Waals surface area (Å²) >= 11 is 0. The Kier molecular flexibility index (Phi) is 2.83. The first-order valence-electron chi connectivity index (χ1n) is 3.55. The Labute approximate surface area is 60.7 Å². The van der Waals surface area contributed by atoms with Gasteiger partial charge in [0.1, 0.15) is 6.29 Å². The van der Waals surface area contributed by atoms with Gasteiger partial charge in [0.05, 0.1) is 6.10 Å². The van der Waals surface area contributed by atoms with Gasteiger partial charge in [-0.2, -0.15) is 0 Å². The van der Waals surface area contributed by atoms with Gasteiger partial charge in [0.15, 0.2) is 0 Å². The molecule has 3 heteroatoms. The average molecular weight is 143 g/mol. The first kappa shape index (κ1) is 7.69. The summed E-state index contributed by atoms with van der Waals surface area (Å²) in [5.41, 5.74) is 0. The monoisotopic (exact) mass is 143 g/mol. The summed E-state index contributed by atoms with van der Waals surface area (Å²) in [5.74, 6) is 0.152. The normalized spacial score (nSPS) is 33.7. The van der Waals surface area contributed by atoms with Gasteiger partial charge in [0.2, 0.25) is 0 Å². The Morgan fingerprint density at radius 3 is 3.00 bits per heavy atom. The number of hydrogen-bond donors (Lipinski definition) is 1. The van der Waals surface area contributed by atoms with Crippen molar-refractivity contribution in [2.45, 2.75) is 12.5 Å². The molecule has 0 spiro atoms. The summed E-state index contributed by atoms with van der Waals surface area (Å²) in [6.07, 6.45) is 2.09. The topological polar surface area (TPSA) is 38.3 Å². The summed E-state index contributed by atoms with van der Waals surface area (Å²) in [6, 6.07) is 0. The predicted molar refractivity (Wildman–Crippen MR) is 37.8 cm³/mol. The Hall–Kier alpha value is -0.410. The molecule has 1 aliphatic rings. The lowest BCUT2D eigenvalue weighted by molar-refractivity contribution is -0.112. The van der Waals surface area contributed by atoms with Crippen molar-refractivity contribution in [3.8, 4) is 0 Å². The second kappa shape index (κ2) is 3.68. The summed E-state index contributed by atoms with van der Waals surface area (Å²) in [6.45, 7) is 1.68. The van der Waals surface area contributed by atoms with E-state index >= 15 is 0 Å². The number of methoxy groups -OCH3 is 1. The number of ether oxygens (including phenoxy) is 1. The van der Waals surface area contributed by atoms with Crippen molar-refractivity contribution >= 4 is 6.29 Å². The van der Waals surface area contributed by atoms with Crippen molar-refractivity contribution in [2.24, 2.45) is 5.92 Å². The second-order valence-electron chi connectivity index (χ2n) is 2.65. The fourth-order valence-electron chi connectivity index (χ4n) is 1.22. The molecule has 0 aromatic heterocycles. The summed E-state index contributed by atoms with van der Waals surface area (Å²) in [7, 11) is 1.68. The minimum absolute atomic E-state index is 0.152. The summed E-state index contributed by atoms with van der Waals surface area (Å²) in [4.78, 5) is 10.3. The number of carbonyl (C=O) groups excluding carboxylic acids is 1. The van der Waals surface area contributed by atoms with Crippen LogP contribution in [0.15, 0.2) is 0 Å². The van der Waals surface area contributed by atoms with Crippen molar-refractivity contribution in [1.29, 1.82) is 0 Å². The predicted octanol–water partition coefficient (Wildman–Crippen LogP) is -0.190. The smallest absolute Gasteiger partial charge is 0.124 e. The maximum absolute atomic E-state index is 10.3. The molecule has 0 aliphatic carbocycles. The molecule has 3 nitrogen and oxygen atoms in total. The van der Waals surface area contributed by atoms with Gasteiger partial charge < -0.3 is 14.8 Å². The van der Waals surface area contributed by atoms with Crippen molar-refractivity contribution in [3.63, 3.8) is 0 Å². The Bertz CT molecular complexity index is 116. The maximum atomic E-state index is 10.3. The van der Waals surface area contributed by atoms with Crippen LogP contribution in [0, 0.1) is 5.92 Å². The molecule has 0 bridgehead atoms.